The lowest BCUT2D eigenvalue weighted by atomic mass is 10.2. The fourth-order valence-corrected chi connectivity index (χ4v) is 2.29. The third-order valence-electron chi connectivity index (χ3n) is 2.65. The molecular weight excluding hydrogens is 319 g/mol. The van der Waals surface area contributed by atoms with Gasteiger partial charge in [0, 0.05) is 5.69 Å². The molecule has 10 heteroatoms. The summed E-state index contributed by atoms with van der Waals surface area (Å²) in [5.41, 5.74) is -0.756. The van der Waals surface area contributed by atoms with E-state index in [1.807, 2.05) is 0 Å². The predicted octanol–water partition coefficient (Wildman–Crippen LogP) is 2.13. The van der Waals surface area contributed by atoms with E-state index < -0.39 is 22.9 Å². The molecule has 0 aliphatic carbocycles. The number of halogens is 3. The molecule has 1 amide bonds. The van der Waals surface area contributed by atoms with Crippen molar-refractivity contribution >= 4 is 23.4 Å². The second-order valence-corrected chi connectivity index (χ2v) is 5.66. The zero-order valence-electron chi connectivity index (χ0n) is 11.3. The first-order chi connectivity index (χ1) is 10.3. The Labute approximate surface area is 127 Å². The highest BCUT2D eigenvalue weighted by molar-refractivity contribution is 8.00. The van der Waals surface area contributed by atoms with Crippen molar-refractivity contribution < 1.29 is 18.0 Å². The zero-order valence-corrected chi connectivity index (χ0v) is 12.1. The molecule has 1 atom stereocenters. The summed E-state index contributed by atoms with van der Waals surface area (Å²) >= 11 is 1.04. The molecule has 1 heterocycles. The number of anilines is 1. The first-order valence-corrected chi connectivity index (χ1v) is 6.95. The lowest BCUT2D eigenvalue weighted by Gasteiger charge is -2.13. The van der Waals surface area contributed by atoms with Gasteiger partial charge in [-0.25, -0.2) is 4.68 Å². The van der Waals surface area contributed by atoms with Crippen molar-refractivity contribution in [3.63, 3.8) is 0 Å². The van der Waals surface area contributed by atoms with Crippen molar-refractivity contribution in [2.45, 2.75) is 23.5 Å². The monoisotopic (exact) mass is 331 g/mol. The molecule has 22 heavy (non-hydrogen) atoms. The third-order valence-corrected chi connectivity index (χ3v) is 3.72. The van der Waals surface area contributed by atoms with Crippen molar-refractivity contribution in [1.29, 1.82) is 0 Å². The van der Waals surface area contributed by atoms with Gasteiger partial charge in [-0.15, -0.1) is 10.2 Å². The summed E-state index contributed by atoms with van der Waals surface area (Å²) in [6.45, 7) is 1.59. The van der Waals surface area contributed by atoms with E-state index in [4.69, 9.17) is 5.84 Å². The number of nitrogens with one attached hydrogen (secondary N) is 1. The number of nitrogen functional groups attached to an aromatic ring is 1. The molecular formula is C12H12F3N5OS. The van der Waals surface area contributed by atoms with Gasteiger partial charge in [-0.1, -0.05) is 17.8 Å². The SMILES string of the molecule is C[C@H](Sc1nncn1N)C(=O)Nc1cccc(C(F)(F)F)c1. The number of amides is 1. The molecule has 0 unspecified atom stereocenters. The topological polar surface area (TPSA) is 85.8 Å². The van der Waals surface area contributed by atoms with Gasteiger partial charge in [0.05, 0.1) is 10.8 Å². The number of benzene rings is 1. The van der Waals surface area contributed by atoms with Crippen LogP contribution in [0.1, 0.15) is 12.5 Å². The van der Waals surface area contributed by atoms with Gasteiger partial charge in [0.15, 0.2) is 0 Å². The van der Waals surface area contributed by atoms with E-state index in [1.54, 1.807) is 6.92 Å². The molecule has 0 saturated carbocycles. The Morgan fingerprint density at radius 2 is 2.18 bits per heavy atom. The molecule has 0 aliphatic rings. The summed E-state index contributed by atoms with van der Waals surface area (Å²) in [4.78, 5) is 12.0. The molecule has 1 aromatic carbocycles. The molecule has 2 rings (SSSR count). The van der Waals surface area contributed by atoms with Crippen LogP contribution in [0.25, 0.3) is 0 Å². The van der Waals surface area contributed by atoms with Crippen LogP contribution in [0, 0.1) is 0 Å². The highest BCUT2D eigenvalue weighted by atomic mass is 32.2. The molecule has 0 bridgehead atoms. The van der Waals surface area contributed by atoms with Crippen LogP contribution in [-0.4, -0.2) is 26.0 Å². The summed E-state index contributed by atoms with van der Waals surface area (Å²) < 4.78 is 39.0. The summed E-state index contributed by atoms with van der Waals surface area (Å²) in [6, 6.07) is 4.42. The highest BCUT2D eigenvalue weighted by Crippen LogP contribution is 2.31. The first kappa shape index (κ1) is 16.1. The summed E-state index contributed by atoms with van der Waals surface area (Å²) in [6.07, 6.45) is -3.18. The number of hydrogen-bond donors (Lipinski definition) is 2. The molecule has 0 fully saturated rings. The Hall–Kier alpha value is -2.23. The number of aromatic nitrogens is 3. The number of nitrogens with zero attached hydrogens (tertiary/aromatic N) is 3. The standard InChI is InChI=1S/C12H12F3N5OS/c1-7(22-11-19-17-6-20(11)16)10(21)18-9-4-2-3-8(5-9)12(13,14)15/h2-7H,16H2,1H3,(H,18,21)/t7-/m0/s1. The van der Waals surface area contributed by atoms with Gasteiger partial charge in [0.25, 0.3) is 0 Å². The first-order valence-electron chi connectivity index (χ1n) is 6.07. The van der Waals surface area contributed by atoms with Gasteiger partial charge in [0.1, 0.15) is 6.33 Å². The molecule has 0 spiro atoms. The molecule has 3 N–H and O–H groups in total. The van der Waals surface area contributed by atoms with Crippen molar-refractivity contribution in [2.75, 3.05) is 11.2 Å². The van der Waals surface area contributed by atoms with E-state index >= 15 is 0 Å². The van der Waals surface area contributed by atoms with Gasteiger partial charge in [-0.2, -0.15) is 13.2 Å². The van der Waals surface area contributed by atoms with E-state index in [0.717, 1.165) is 28.6 Å². The normalized spacial score (nSPS) is 12.9. The highest BCUT2D eigenvalue weighted by Gasteiger charge is 2.30. The lowest BCUT2D eigenvalue weighted by Crippen LogP contribution is -2.23. The Morgan fingerprint density at radius 1 is 1.45 bits per heavy atom. The van der Waals surface area contributed by atoms with Crippen LogP contribution in [0.2, 0.25) is 0 Å². The number of alkyl halides is 3. The molecule has 0 saturated heterocycles. The summed E-state index contributed by atoms with van der Waals surface area (Å²) in [5, 5.41) is 9.42. The van der Waals surface area contributed by atoms with Crippen LogP contribution < -0.4 is 11.2 Å². The van der Waals surface area contributed by atoms with Crippen LogP contribution in [0.15, 0.2) is 35.7 Å². The van der Waals surface area contributed by atoms with Crippen molar-refractivity contribution in [3.05, 3.63) is 36.2 Å². The van der Waals surface area contributed by atoms with Gasteiger partial charge in [0.2, 0.25) is 11.1 Å². The average Bonchev–Trinajstić information content (AvgIpc) is 2.83. The van der Waals surface area contributed by atoms with Crippen molar-refractivity contribution in [3.8, 4) is 0 Å². The third kappa shape index (κ3) is 3.91. The second-order valence-electron chi connectivity index (χ2n) is 4.35. The number of carbonyl (C=O) groups excluding carboxylic acids is 1. The maximum atomic E-state index is 12.6. The molecule has 2 aromatic rings. The second kappa shape index (κ2) is 6.26. The van der Waals surface area contributed by atoms with Crippen LogP contribution in [0.5, 0.6) is 0 Å². The predicted molar refractivity (Wildman–Crippen MR) is 75.6 cm³/mol. The smallest absolute Gasteiger partial charge is 0.336 e. The molecule has 0 radical (unpaired) electrons. The Kier molecular flexibility index (Phi) is 4.59. The van der Waals surface area contributed by atoms with Crippen LogP contribution in [0.4, 0.5) is 18.9 Å². The molecule has 0 aliphatic heterocycles. The van der Waals surface area contributed by atoms with E-state index in [2.05, 4.69) is 15.5 Å². The number of thioether (sulfide) groups is 1. The van der Waals surface area contributed by atoms with Gasteiger partial charge >= 0.3 is 6.18 Å². The molecule has 118 valence electrons. The van der Waals surface area contributed by atoms with E-state index in [9.17, 15) is 18.0 Å². The maximum absolute atomic E-state index is 12.6. The van der Waals surface area contributed by atoms with E-state index in [1.165, 1.54) is 18.5 Å². The minimum Gasteiger partial charge on any atom is -0.336 e. The number of hydrogen-bond acceptors (Lipinski definition) is 5. The quantitative estimate of drug-likeness (QED) is 0.662. The summed E-state index contributed by atoms with van der Waals surface area (Å²) in [7, 11) is 0. The number of nitrogens with two attached hydrogens (primary N) is 1. The average molecular weight is 331 g/mol. The lowest BCUT2D eigenvalue weighted by molar-refractivity contribution is -0.137. The van der Waals surface area contributed by atoms with Gasteiger partial charge < -0.3 is 11.2 Å². The van der Waals surface area contributed by atoms with Crippen molar-refractivity contribution in [2.24, 2.45) is 0 Å². The van der Waals surface area contributed by atoms with Crippen LogP contribution in [-0.2, 0) is 11.0 Å². The number of carbonyl (C=O) groups is 1. The Morgan fingerprint density at radius 3 is 2.77 bits per heavy atom. The van der Waals surface area contributed by atoms with Crippen LogP contribution >= 0.6 is 11.8 Å². The van der Waals surface area contributed by atoms with E-state index in [0.29, 0.717) is 5.16 Å². The minimum atomic E-state index is -4.46. The maximum Gasteiger partial charge on any atom is 0.416 e. The molecule has 6 nitrogen and oxygen atoms in total. The molecule has 1 aromatic heterocycles. The Balaban J connectivity index is 2.04. The Bertz CT molecular complexity index is 673. The minimum absolute atomic E-state index is 0.0708. The summed E-state index contributed by atoms with van der Waals surface area (Å²) in [5.74, 6) is 5.06. The van der Waals surface area contributed by atoms with Gasteiger partial charge in [-0.3, -0.25) is 4.79 Å². The van der Waals surface area contributed by atoms with Gasteiger partial charge in [-0.05, 0) is 25.1 Å². The van der Waals surface area contributed by atoms with E-state index in [-0.39, 0.29) is 5.69 Å². The van der Waals surface area contributed by atoms with Crippen LogP contribution in [0.3, 0.4) is 0 Å². The fourth-order valence-electron chi connectivity index (χ4n) is 1.55. The fraction of sp³-hybridized carbons (Fsp3) is 0.250. The number of rotatable bonds is 4. The zero-order chi connectivity index (χ0) is 16.3. The van der Waals surface area contributed by atoms with Crippen molar-refractivity contribution in [1.82, 2.24) is 14.9 Å². The largest absolute Gasteiger partial charge is 0.416 e.